The monoisotopic (exact) mass is 441 g/mol. The van der Waals surface area contributed by atoms with Gasteiger partial charge in [0.25, 0.3) is 0 Å². The smallest absolute Gasteiger partial charge is 0.123 e. The third-order valence-corrected chi connectivity index (χ3v) is 6.95. The van der Waals surface area contributed by atoms with Crippen LogP contribution in [0.2, 0.25) is 0 Å². The summed E-state index contributed by atoms with van der Waals surface area (Å²) >= 11 is 0. The molecule has 0 unspecified atom stereocenters. The van der Waals surface area contributed by atoms with Crippen LogP contribution in [0.1, 0.15) is 43.5 Å². The van der Waals surface area contributed by atoms with Gasteiger partial charge in [-0.2, -0.15) is 0 Å². The first-order chi connectivity index (χ1) is 15.3. The Hall–Kier alpha value is -2.70. The number of methoxy groups -OCH3 is 4. The van der Waals surface area contributed by atoms with Crippen LogP contribution < -0.4 is 24.3 Å². The van der Waals surface area contributed by atoms with E-state index in [0.29, 0.717) is 6.42 Å². The van der Waals surface area contributed by atoms with Gasteiger partial charge in [0.2, 0.25) is 0 Å². The lowest BCUT2D eigenvalue weighted by molar-refractivity contribution is -0.108. The molecular weight excluding hydrogens is 406 g/mol. The Bertz CT molecular complexity index is 876. The van der Waals surface area contributed by atoms with E-state index in [-0.39, 0.29) is 23.9 Å². The summed E-state index contributed by atoms with van der Waals surface area (Å²) in [7, 11) is 6.59. The number of hydrogen-bond acceptors (Lipinski definition) is 6. The SMILES string of the molecule is C=CCC1(O)[C@@H](C)[C@@H](c2cc(OC)ccc2OC)N[C@H](c2cc(OC)ccc2OC)[C@@H]1C. The van der Waals surface area contributed by atoms with Gasteiger partial charge in [0, 0.05) is 35.0 Å². The summed E-state index contributed by atoms with van der Waals surface area (Å²) in [5, 5.41) is 15.8. The van der Waals surface area contributed by atoms with E-state index in [1.807, 2.05) is 36.4 Å². The molecule has 2 aromatic carbocycles. The van der Waals surface area contributed by atoms with E-state index in [1.165, 1.54) is 0 Å². The standard InChI is InChI=1S/C26H35NO5/c1-8-13-26(28)16(2)24(20-14-18(29-4)9-11-22(20)31-6)27-25(17(26)3)21-15-19(30-5)10-12-23(21)32-7/h8-12,14-17,24-25,27-28H,1,13H2,2-7H3/t16-,17-,24-,25-/m0/s1. The number of benzene rings is 2. The quantitative estimate of drug-likeness (QED) is 0.580. The largest absolute Gasteiger partial charge is 0.497 e. The average molecular weight is 442 g/mol. The molecule has 0 aromatic heterocycles. The zero-order valence-electron chi connectivity index (χ0n) is 19.8. The predicted octanol–water partition coefficient (Wildman–Crippen LogP) is 4.69. The minimum atomic E-state index is -1.01. The highest BCUT2D eigenvalue weighted by molar-refractivity contribution is 5.46. The molecule has 0 bridgehead atoms. The summed E-state index contributed by atoms with van der Waals surface area (Å²) in [6, 6.07) is 11.1. The van der Waals surface area contributed by atoms with E-state index in [9.17, 15) is 5.11 Å². The van der Waals surface area contributed by atoms with Crippen molar-refractivity contribution in [1.29, 1.82) is 0 Å². The molecule has 1 aliphatic rings. The molecule has 6 heteroatoms. The van der Waals surface area contributed by atoms with Crippen molar-refractivity contribution in [2.45, 2.75) is 38.0 Å². The Balaban J connectivity index is 2.18. The summed E-state index contributed by atoms with van der Waals surface area (Å²) in [5.41, 5.74) is 0.853. The normalized spacial score (nSPS) is 27.5. The van der Waals surface area contributed by atoms with Crippen molar-refractivity contribution in [3.8, 4) is 23.0 Å². The number of hydrogen-bond donors (Lipinski definition) is 2. The molecule has 1 heterocycles. The molecule has 2 aromatic rings. The van der Waals surface area contributed by atoms with Gasteiger partial charge in [-0.25, -0.2) is 0 Å². The minimum Gasteiger partial charge on any atom is -0.497 e. The molecule has 1 fully saturated rings. The molecule has 32 heavy (non-hydrogen) atoms. The second-order valence-corrected chi connectivity index (χ2v) is 8.40. The van der Waals surface area contributed by atoms with Crippen LogP contribution in [-0.4, -0.2) is 39.1 Å². The van der Waals surface area contributed by atoms with Gasteiger partial charge in [-0.05, 0) is 42.8 Å². The van der Waals surface area contributed by atoms with Gasteiger partial charge in [0.05, 0.1) is 34.0 Å². The van der Waals surface area contributed by atoms with Crippen LogP contribution in [0.25, 0.3) is 0 Å². The van der Waals surface area contributed by atoms with Gasteiger partial charge in [-0.3, -0.25) is 0 Å². The molecule has 2 N–H and O–H groups in total. The van der Waals surface area contributed by atoms with Crippen LogP contribution in [0, 0.1) is 11.8 Å². The van der Waals surface area contributed by atoms with Gasteiger partial charge in [-0.15, -0.1) is 6.58 Å². The molecule has 3 rings (SSSR count). The molecule has 0 amide bonds. The van der Waals surface area contributed by atoms with Crippen molar-refractivity contribution < 1.29 is 24.1 Å². The highest BCUT2D eigenvalue weighted by Crippen LogP contribution is 2.51. The number of nitrogens with one attached hydrogen (secondary N) is 1. The third-order valence-electron chi connectivity index (χ3n) is 6.95. The van der Waals surface area contributed by atoms with Crippen LogP contribution in [0.4, 0.5) is 0 Å². The lowest BCUT2D eigenvalue weighted by Crippen LogP contribution is -2.57. The zero-order chi connectivity index (χ0) is 23.5. The first-order valence-corrected chi connectivity index (χ1v) is 10.9. The van der Waals surface area contributed by atoms with Gasteiger partial charge in [0.15, 0.2) is 0 Å². The predicted molar refractivity (Wildman–Crippen MR) is 126 cm³/mol. The molecule has 0 radical (unpaired) electrons. The van der Waals surface area contributed by atoms with E-state index >= 15 is 0 Å². The topological polar surface area (TPSA) is 69.2 Å². The fourth-order valence-corrected chi connectivity index (χ4v) is 4.96. The molecule has 1 aliphatic heterocycles. The Morgan fingerprint density at radius 3 is 1.62 bits per heavy atom. The van der Waals surface area contributed by atoms with Crippen LogP contribution in [0.15, 0.2) is 49.1 Å². The number of rotatable bonds is 8. The van der Waals surface area contributed by atoms with Crippen LogP contribution in [0.3, 0.4) is 0 Å². The summed E-state index contributed by atoms with van der Waals surface area (Å²) in [5.74, 6) is 2.67. The number of piperidine rings is 1. The van der Waals surface area contributed by atoms with Crippen molar-refractivity contribution in [3.63, 3.8) is 0 Å². The molecule has 4 atom stereocenters. The zero-order valence-corrected chi connectivity index (χ0v) is 19.8. The lowest BCUT2D eigenvalue weighted by atomic mass is 9.64. The van der Waals surface area contributed by atoms with Gasteiger partial charge < -0.3 is 29.4 Å². The average Bonchev–Trinajstić information content (AvgIpc) is 2.82. The second-order valence-electron chi connectivity index (χ2n) is 8.40. The highest BCUT2D eigenvalue weighted by atomic mass is 16.5. The fourth-order valence-electron chi connectivity index (χ4n) is 4.96. The van der Waals surface area contributed by atoms with Gasteiger partial charge >= 0.3 is 0 Å². The lowest BCUT2D eigenvalue weighted by Gasteiger charge is -2.52. The molecule has 0 spiro atoms. The summed E-state index contributed by atoms with van der Waals surface area (Å²) < 4.78 is 22.3. The maximum Gasteiger partial charge on any atom is 0.123 e. The third kappa shape index (κ3) is 4.17. The summed E-state index contributed by atoms with van der Waals surface area (Å²) in [6.45, 7) is 8.05. The molecule has 0 aliphatic carbocycles. The number of ether oxygens (including phenoxy) is 4. The van der Waals surface area contributed by atoms with E-state index in [2.05, 4.69) is 25.7 Å². The Morgan fingerprint density at radius 1 is 0.844 bits per heavy atom. The summed E-state index contributed by atoms with van der Waals surface area (Å²) in [4.78, 5) is 0. The Morgan fingerprint density at radius 2 is 1.28 bits per heavy atom. The Labute approximate surface area is 191 Å². The first-order valence-electron chi connectivity index (χ1n) is 10.9. The maximum atomic E-state index is 12.0. The summed E-state index contributed by atoms with van der Waals surface area (Å²) in [6.07, 6.45) is 2.25. The van der Waals surface area contributed by atoms with Crippen LogP contribution in [0.5, 0.6) is 23.0 Å². The van der Waals surface area contributed by atoms with E-state index in [0.717, 1.165) is 34.1 Å². The van der Waals surface area contributed by atoms with Crippen molar-refractivity contribution in [3.05, 3.63) is 60.2 Å². The van der Waals surface area contributed by atoms with Crippen molar-refractivity contribution >= 4 is 0 Å². The molecule has 0 saturated carbocycles. The number of aliphatic hydroxyl groups is 1. The molecule has 1 saturated heterocycles. The van der Waals surface area contributed by atoms with Crippen molar-refractivity contribution in [2.75, 3.05) is 28.4 Å². The van der Waals surface area contributed by atoms with Crippen molar-refractivity contribution in [2.24, 2.45) is 11.8 Å². The fraction of sp³-hybridized carbons (Fsp3) is 0.462. The van der Waals surface area contributed by atoms with E-state index < -0.39 is 5.60 Å². The Kier molecular flexibility index (Phi) is 7.36. The van der Waals surface area contributed by atoms with Crippen molar-refractivity contribution in [1.82, 2.24) is 5.32 Å². The van der Waals surface area contributed by atoms with E-state index in [4.69, 9.17) is 18.9 Å². The first kappa shape index (κ1) is 24.0. The molecule has 6 nitrogen and oxygen atoms in total. The molecule has 174 valence electrons. The van der Waals surface area contributed by atoms with E-state index in [1.54, 1.807) is 34.5 Å². The highest BCUT2D eigenvalue weighted by Gasteiger charge is 2.51. The van der Waals surface area contributed by atoms with Crippen LogP contribution in [-0.2, 0) is 0 Å². The maximum absolute atomic E-state index is 12.0. The molecular formula is C26H35NO5. The van der Waals surface area contributed by atoms with Gasteiger partial charge in [0.1, 0.15) is 23.0 Å². The van der Waals surface area contributed by atoms with Crippen LogP contribution >= 0.6 is 0 Å². The minimum absolute atomic E-state index is 0.135. The van der Waals surface area contributed by atoms with Gasteiger partial charge in [-0.1, -0.05) is 19.9 Å². The second kappa shape index (κ2) is 9.84.